The van der Waals surface area contributed by atoms with Gasteiger partial charge in [-0.3, -0.25) is 9.69 Å². The highest BCUT2D eigenvalue weighted by Gasteiger charge is 2.29. The van der Waals surface area contributed by atoms with Crippen molar-refractivity contribution in [2.45, 2.75) is 18.7 Å². The third-order valence-corrected chi connectivity index (χ3v) is 5.68. The lowest BCUT2D eigenvalue weighted by Gasteiger charge is -2.33. The third-order valence-electron chi connectivity index (χ3n) is 3.78. The Balaban J connectivity index is 2.11. The minimum Gasteiger partial charge on any atom is -0.496 e. The van der Waals surface area contributed by atoms with Crippen molar-refractivity contribution in [1.29, 1.82) is 0 Å². The second-order valence-electron chi connectivity index (χ2n) is 5.51. The van der Waals surface area contributed by atoms with E-state index in [1.54, 1.807) is 32.2 Å². The number of methoxy groups -OCH3 is 1. The zero-order valence-electron chi connectivity index (χ0n) is 13.2. The van der Waals surface area contributed by atoms with Crippen molar-refractivity contribution in [3.63, 3.8) is 0 Å². The summed E-state index contributed by atoms with van der Waals surface area (Å²) < 4.78 is 32.0. The van der Waals surface area contributed by atoms with Gasteiger partial charge in [-0.2, -0.15) is 4.31 Å². The van der Waals surface area contributed by atoms with Crippen molar-refractivity contribution in [2.75, 3.05) is 39.8 Å². The number of hydrogen-bond donors (Lipinski definition) is 0. The Bertz CT molecular complexity index is 650. The molecule has 0 bridgehead atoms. The summed E-state index contributed by atoms with van der Waals surface area (Å²) in [5.74, 6) is 0.771. The van der Waals surface area contributed by atoms with E-state index >= 15 is 0 Å². The minimum absolute atomic E-state index is 0.0992. The molecule has 0 saturated carbocycles. The molecular formula is C15H22N2O4S. The fourth-order valence-electron chi connectivity index (χ4n) is 2.60. The molecule has 1 aliphatic rings. The number of carbonyl (C=O) groups is 1. The summed E-state index contributed by atoms with van der Waals surface area (Å²) in [4.78, 5) is 13.4. The summed E-state index contributed by atoms with van der Waals surface area (Å²) in [6, 6.07) is 4.88. The van der Waals surface area contributed by atoms with Crippen molar-refractivity contribution < 1.29 is 17.9 Å². The zero-order valence-corrected chi connectivity index (χ0v) is 14.0. The Morgan fingerprint density at radius 1 is 1.23 bits per heavy atom. The molecule has 0 spiro atoms. The van der Waals surface area contributed by atoms with Gasteiger partial charge >= 0.3 is 0 Å². The first-order chi connectivity index (χ1) is 10.3. The highest BCUT2D eigenvalue weighted by atomic mass is 32.2. The SMILES string of the molecule is COc1ccc(S(=O)(=O)N2CCN(CC(C)=O)CC2)cc1C. The van der Waals surface area contributed by atoms with E-state index in [0.717, 1.165) is 5.56 Å². The molecule has 1 aliphatic heterocycles. The van der Waals surface area contributed by atoms with Gasteiger partial charge in [0.2, 0.25) is 10.0 Å². The van der Waals surface area contributed by atoms with Crippen molar-refractivity contribution in [2.24, 2.45) is 0 Å². The van der Waals surface area contributed by atoms with Crippen LogP contribution in [0.25, 0.3) is 0 Å². The molecule has 0 amide bonds. The van der Waals surface area contributed by atoms with Gasteiger partial charge in [0.1, 0.15) is 11.5 Å². The van der Waals surface area contributed by atoms with Gasteiger partial charge in [0.05, 0.1) is 18.6 Å². The van der Waals surface area contributed by atoms with E-state index < -0.39 is 10.0 Å². The molecule has 1 aromatic carbocycles. The Morgan fingerprint density at radius 2 is 1.86 bits per heavy atom. The largest absolute Gasteiger partial charge is 0.496 e. The summed E-state index contributed by atoms with van der Waals surface area (Å²) in [5.41, 5.74) is 0.791. The van der Waals surface area contributed by atoms with Crippen LogP contribution in [0.4, 0.5) is 0 Å². The lowest BCUT2D eigenvalue weighted by atomic mass is 10.2. The second kappa shape index (κ2) is 6.76. The highest BCUT2D eigenvalue weighted by molar-refractivity contribution is 7.89. The van der Waals surface area contributed by atoms with Crippen LogP contribution in [0.1, 0.15) is 12.5 Å². The minimum atomic E-state index is -3.50. The molecule has 1 heterocycles. The Morgan fingerprint density at radius 3 is 2.36 bits per heavy atom. The average Bonchev–Trinajstić information content (AvgIpc) is 2.47. The summed E-state index contributed by atoms with van der Waals surface area (Å²) in [7, 11) is -1.93. The molecule has 1 fully saturated rings. The molecule has 0 atom stereocenters. The van der Waals surface area contributed by atoms with Crippen LogP contribution in [-0.2, 0) is 14.8 Å². The van der Waals surface area contributed by atoms with E-state index in [2.05, 4.69) is 0 Å². The average molecular weight is 326 g/mol. The topological polar surface area (TPSA) is 66.9 Å². The monoisotopic (exact) mass is 326 g/mol. The number of ether oxygens (including phenoxy) is 1. The van der Waals surface area contributed by atoms with E-state index in [9.17, 15) is 13.2 Å². The van der Waals surface area contributed by atoms with E-state index in [1.165, 1.54) is 4.31 Å². The lowest BCUT2D eigenvalue weighted by Crippen LogP contribution is -2.49. The van der Waals surface area contributed by atoms with Crippen molar-refractivity contribution in [3.05, 3.63) is 23.8 Å². The maximum Gasteiger partial charge on any atom is 0.243 e. The Hall–Kier alpha value is -1.44. The maximum absolute atomic E-state index is 12.7. The first-order valence-electron chi connectivity index (χ1n) is 7.21. The molecule has 0 aromatic heterocycles. The number of nitrogens with zero attached hydrogens (tertiary/aromatic N) is 2. The van der Waals surface area contributed by atoms with Crippen LogP contribution < -0.4 is 4.74 Å². The van der Waals surface area contributed by atoms with Gasteiger partial charge in [0, 0.05) is 26.2 Å². The maximum atomic E-state index is 12.7. The molecule has 122 valence electrons. The number of benzene rings is 1. The molecule has 7 heteroatoms. The summed E-state index contributed by atoms with van der Waals surface area (Å²) in [6.45, 7) is 5.71. The molecule has 0 N–H and O–H groups in total. The standard InChI is InChI=1S/C15H22N2O4S/c1-12-10-14(4-5-15(12)21-3)22(19,20)17-8-6-16(7-9-17)11-13(2)18/h4-5,10H,6-9,11H2,1-3H3. The Labute approximate surface area is 131 Å². The summed E-state index contributed by atoms with van der Waals surface area (Å²) in [5, 5.41) is 0. The molecule has 2 rings (SSSR count). The van der Waals surface area contributed by atoms with Crippen LogP contribution in [0, 0.1) is 6.92 Å². The first-order valence-corrected chi connectivity index (χ1v) is 8.65. The normalized spacial score (nSPS) is 17.4. The number of ketones is 1. The number of aryl methyl sites for hydroxylation is 1. The number of piperazine rings is 1. The molecule has 22 heavy (non-hydrogen) atoms. The van der Waals surface area contributed by atoms with Crippen LogP contribution in [0.3, 0.4) is 0 Å². The molecule has 6 nitrogen and oxygen atoms in total. The molecular weight excluding hydrogens is 304 g/mol. The first kappa shape index (κ1) is 16.9. The molecule has 1 aromatic rings. The number of carbonyl (C=O) groups excluding carboxylic acids is 1. The zero-order chi connectivity index (χ0) is 16.3. The summed E-state index contributed by atoms with van der Waals surface area (Å²) >= 11 is 0. The van der Waals surface area contributed by atoms with Crippen LogP contribution in [-0.4, -0.2) is 63.2 Å². The molecule has 0 unspecified atom stereocenters. The van der Waals surface area contributed by atoms with Crippen molar-refractivity contribution in [3.8, 4) is 5.75 Å². The molecule has 0 aliphatic carbocycles. The predicted molar refractivity (Wildman–Crippen MR) is 83.6 cm³/mol. The van der Waals surface area contributed by atoms with Crippen LogP contribution in [0.15, 0.2) is 23.1 Å². The van der Waals surface area contributed by atoms with Gasteiger partial charge < -0.3 is 4.74 Å². The number of Topliss-reactive ketones (excluding diaryl/α,β-unsaturated/α-hetero) is 1. The third kappa shape index (κ3) is 3.66. The molecule has 1 saturated heterocycles. The van der Waals surface area contributed by atoms with Gasteiger partial charge in [-0.25, -0.2) is 8.42 Å². The number of rotatable bonds is 5. The van der Waals surface area contributed by atoms with E-state index in [0.29, 0.717) is 38.5 Å². The Kier molecular flexibility index (Phi) is 5.20. The van der Waals surface area contributed by atoms with E-state index in [-0.39, 0.29) is 10.7 Å². The van der Waals surface area contributed by atoms with Crippen LogP contribution >= 0.6 is 0 Å². The number of hydrogen-bond acceptors (Lipinski definition) is 5. The fraction of sp³-hybridized carbons (Fsp3) is 0.533. The predicted octanol–water partition coefficient (Wildman–Crippen LogP) is 0.899. The van der Waals surface area contributed by atoms with E-state index in [4.69, 9.17) is 4.74 Å². The quantitative estimate of drug-likeness (QED) is 0.804. The number of sulfonamides is 1. The van der Waals surface area contributed by atoms with Crippen LogP contribution in [0.5, 0.6) is 5.75 Å². The van der Waals surface area contributed by atoms with Gasteiger partial charge in [0.15, 0.2) is 0 Å². The second-order valence-corrected chi connectivity index (χ2v) is 7.45. The fourth-order valence-corrected chi connectivity index (χ4v) is 4.11. The summed E-state index contributed by atoms with van der Waals surface area (Å²) in [6.07, 6.45) is 0. The van der Waals surface area contributed by atoms with Gasteiger partial charge in [-0.1, -0.05) is 0 Å². The van der Waals surface area contributed by atoms with Gasteiger partial charge in [0.25, 0.3) is 0 Å². The van der Waals surface area contributed by atoms with Gasteiger partial charge in [-0.05, 0) is 37.6 Å². The smallest absolute Gasteiger partial charge is 0.243 e. The van der Waals surface area contributed by atoms with Gasteiger partial charge in [-0.15, -0.1) is 0 Å². The lowest BCUT2D eigenvalue weighted by molar-refractivity contribution is -0.118. The van der Waals surface area contributed by atoms with Crippen molar-refractivity contribution >= 4 is 15.8 Å². The van der Waals surface area contributed by atoms with Crippen molar-refractivity contribution in [1.82, 2.24) is 9.21 Å². The molecule has 0 radical (unpaired) electrons. The highest BCUT2D eigenvalue weighted by Crippen LogP contribution is 2.24. The van der Waals surface area contributed by atoms with E-state index in [1.807, 2.05) is 11.8 Å². The van der Waals surface area contributed by atoms with Crippen LogP contribution in [0.2, 0.25) is 0 Å².